The van der Waals surface area contributed by atoms with Crippen molar-refractivity contribution in [1.29, 1.82) is 0 Å². The van der Waals surface area contributed by atoms with Crippen LogP contribution < -0.4 is 15.5 Å². The average Bonchev–Trinajstić information content (AvgIpc) is 2.91. The van der Waals surface area contributed by atoms with Gasteiger partial charge in [0.25, 0.3) is 0 Å². The molecule has 0 spiro atoms. The van der Waals surface area contributed by atoms with Crippen LogP contribution in [-0.4, -0.2) is 6.29 Å². The van der Waals surface area contributed by atoms with E-state index in [0.717, 1.165) is 22.8 Å². The van der Waals surface area contributed by atoms with Gasteiger partial charge in [0, 0.05) is 22.8 Å². The second-order valence-corrected chi connectivity index (χ2v) is 8.65. The smallest absolute Gasteiger partial charge is 0.163 e. The lowest BCUT2D eigenvalue weighted by Crippen LogP contribution is -2.20. The van der Waals surface area contributed by atoms with Gasteiger partial charge in [0.15, 0.2) is 7.14 Å². The van der Waals surface area contributed by atoms with Crippen LogP contribution in [0.3, 0.4) is 0 Å². The molecule has 1 unspecified atom stereocenters. The van der Waals surface area contributed by atoms with Gasteiger partial charge >= 0.3 is 0 Å². The van der Waals surface area contributed by atoms with E-state index in [9.17, 15) is 4.57 Å². The maximum absolute atomic E-state index is 13.8. The molecule has 2 nitrogen and oxygen atoms in total. The van der Waals surface area contributed by atoms with E-state index in [1.165, 1.54) is 5.56 Å². The Morgan fingerprint density at radius 2 is 1.39 bits per heavy atom. The van der Waals surface area contributed by atoms with Crippen LogP contribution in [0.4, 0.5) is 5.69 Å². The van der Waals surface area contributed by atoms with Crippen molar-refractivity contribution in [3.8, 4) is 0 Å². The number of hydrogen-bond donors (Lipinski definition) is 0. The Hall–Kier alpha value is -2.31. The van der Waals surface area contributed by atoms with Gasteiger partial charge in [0.1, 0.15) is 0 Å². The highest BCUT2D eigenvalue weighted by atomic mass is 31.2. The molecule has 23 heavy (non-hydrogen) atoms. The number of anilines is 1. The minimum absolute atomic E-state index is 0.575. The summed E-state index contributed by atoms with van der Waals surface area (Å²) < 4.78 is 13.8. The first-order valence-electron chi connectivity index (χ1n) is 7.80. The van der Waals surface area contributed by atoms with Crippen LogP contribution in [0.1, 0.15) is 5.56 Å². The van der Waals surface area contributed by atoms with E-state index >= 15 is 0 Å². The van der Waals surface area contributed by atoms with Gasteiger partial charge in [-0.15, -0.1) is 0 Å². The molecule has 1 aliphatic heterocycles. The van der Waals surface area contributed by atoms with Gasteiger partial charge in [-0.3, -0.25) is 0 Å². The Kier molecular flexibility index (Phi) is 3.55. The summed E-state index contributed by atoms with van der Waals surface area (Å²) in [6.07, 6.45) is 0.575. The first-order chi connectivity index (χ1) is 11.3. The average molecular weight is 319 g/mol. The van der Waals surface area contributed by atoms with Gasteiger partial charge in [0.05, 0.1) is 6.29 Å². The zero-order chi connectivity index (χ0) is 15.7. The summed E-state index contributed by atoms with van der Waals surface area (Å²) in [4.78, 5) is 2.25. The van der Waals surface area contributed by atoms with Crippen molar-refractivity contribution >= 4 is 23.4 Å². The van der Waals surface area contributed by atoms with Gasteiger partial charge in [-0.1, -0.05) is 72.8 Å². The minimum Gasteiger partial charge on any atom is -0.359 e. The fraction of sp³-hybridized carbons (Fsp3) is 0.100. The topological polar surface area (TPSA) is 20.3 Å². The Morgan fingerprint density at radius 1 is 0.783 bits per heavy atom. The van der Waals surface area contributed by atoms with Crippen LogP contribution >= 0.6 is 7.14 Å². The summed E-state index contributed by atoms with van der Waals surface area (Å²) in [5.74, 6) is 0. The molecular formula is C20H18NOP. The summed E-state index contributed by atoms with van der Waals surface area (Å²) in [7, 11) is -2.58. The summed E-state index contributed by atoms with van der Waals surface area (Å²) in [6, 6.07) is 28.4. The van der Waals surface area contributed by atoms with E-state index in [2.05, 4.69) is 23.1 Å². The largest absolute Gasteiger partial charge is 0.359 e. The highest BCUT2D eigenvalue weighted by Gasteiger charge is 2.39. The molecule has 3 heteroatoms. The highest BCUT2D eigenvalue weighted by molar-refractivity contribution is 7.79. The van der Waals surface area contributed by atoms with Crippen LogP contribution in [0.15, 0.2) is 84.9 Å². The summed E-state index contributed by atoms with van der Waals surface area (Å²) in [5.41, 5.74) is 2.34. The van der Waals surface area contributed by atoms with Crippen LogP contribution in [0, 0.1) is 0 Å². The van der Waals surface area contributed by atoms with E-state index in [4.69, 9.17) is 0 Å². The third-order valence-corrected chi connectivity index (χ3v) is 7.40. The molecule has 3 aromatic carbocycles. The van der Waals surface area contributed by atoms with Crippen molar-refractivity contribution in [2.45, 2.75) is 6.54 Å². The number of benzene rings is 3. The predicted molar refractivity (Wildman–Crippen MR) is 97.3 cm³/mol. The second kappa shape index (κ2) is 5.72. The molecule has 114 valence electrons. The zero-order valence-corrected chi connectivity index (χ0v) is 13.7. The molecule has 0 saturated heterocycles. The molecular weight excluding hydrogens is 301 g/mol. The van der Waals surface area contributed by atoms with E-state index in [1.807, 2.05) is 66.7 Å². The lowest BCUT2D eigenvalue weighted by molar-refractivity contribution is 0.587. The SMILES string of the molecule is O=P1(c2ccccc2)CN(Cc2ccccc2)c2ccccc21. The Bertz CT molecular complexity index is 861. The molecule has 0 amide bonds. The molecule has 0 aromatic heterocycles. The minimum atomic E-state index is -2.58. The Morgan fingerprint density at radius 3 is 2.13 bits per heavy atom. The number of fused-ring (bicyclic) bond motifs is 1. The third-order valence-electron chi connectivity index (χ3n) is 4.37. The number of nitrogens with zero attached hydrogens (tertiary/aromatic N) is 1. The predicted octanol–water partition coefficient (Wildman–Crippen LogP) is 3.98. The molecule has 1 atom stereocenters. The van der Waals surface area contributed by atoms with Gasteiger partial charge in [-0.25, -0.2) is 0 Å². The summed E-state index contributed by atoms with van der Waals surface area (Å²) >= 11 is 0. The van der Waals surface area contributed by atoms with Gasteiger partial charge < -0.3 is 9.46 Å². The monoisotopic (exact) mass is 319 g/mol. The maximum Gasteiger partial charge on any atom is 0.163 e. The van der Waals surface area contributed by atoms with Crippen molar-refractivity contribution in [2.24, 2.45) is 0 Å². The standard InChI is InChI=1S/C20H18NOP/c22-23(18-11-5-2-6-12-18)16-21(15-17-9-3-1-4-10-17)19-13-7-8-14-20(19)23/h1-14H,15-16H2. The number of rotatable bonds is 3. The molecule has 0 radical (unpaired) electrons. The Labute approximate surface area is 136 Å². The van der Waals surface area contributed by atoms with Crippen LogP contribution in [0.2, 0.25) is 0 Å². The van der Waals surface area contributed by atoms with Crippen molar-refractivity contribution < 1.29 is 4.57 Å². The van der Waals surface area contributed by atoms with E-state index in [-0.39, 0.29) is 0 Å². The van der Waals surface area contributed by atoms with Crippen molar-refractivity contribution in [2.75, 3.05) is 11.2 Å². The van der Waals surface area contributed by atoms with Crippen molar-refractivity contribution in [1.82, 2.24) is 0 Å². The van der Waals surface area contributed by atoms with E-state index in [0.29, 0.717) is 6.29 Å². The molecule has 0 bridgehead atoms. The van der Waals surface area contributed by atoms with E-state index in [1.54, 1.807) is 0 Å². The molecule has 0 N–H and O–H groups in total. The second-order valence-electron chi connectivity index (χ2n) is 5.89. The maximum atomic E-state index is 13.8. The Balaban J connectivity index is 1.77. The first-order valence-corrected chi connectivity index (χ1v) is 9.70. The highest BCUT2D eigenvalue weighted by Crippen LogP contribution is 2.52. The van der Waals surface area contributed by atoms with Gasteiger partial charge in [-0.2, -0.15) is 0 Å². The molecule has 4 rings (SSSR count). The van der Waals surface area contributed by atoms with Crippen molar-refractivity contribution in [3.05, 3.63) is 90.5 Å². The van der Waals surface area contributed by atoms with Gasteiger partial charge in [-0.05, 0) is 17.7 Å². The fourth-order valence-electron chi connectivity index (χ4n) is 3.26. The van der Waals surface area contributed by atoms with Crippen molar-refractivity contribution in [3.63, 3.8) is 0 Å². The third kappa shape index (κ3) is 2.50. The molecule has 0 saturated carbocycles. The van der Waals surface area contributed by atoms with E-state index < -0.39 is 7.14 Å². The normalized spacial score (nSPS) is 19.6. The van der Waals surface area contributed by atoms with Crippen LogP contribution in [0.25, 0.3) is 0 Å². The molecule has 0 aliphatic carbocycles. The number of hydrogen-bond acceptors (Lipinski definition) is 2. The first kappa shape index (κ1) is 14.3. The molecule has 0 fully saturated rings. The molecule has 1 aliphatic rings. The summed E-state index contributed by atoms with van der Waals surface area (Å²) in [6.45, 7) is 0.786. The summed E-state index contributed by atoms with van der Waals surface area (Å²) in [5, 5.41) is 1.94. The quantitative estimate of drug-likeness (QED) is 0.681. The molecule has 3 aromatic rings. The fourth-order valence-corrected chi connectivity index (χ4v) is 6.15. The number of para-hydroxylation sites is 1. The van der Waals surface area contributed by atoms with Crippen LogP contribution in [-0.2, 0) is 11.1 Å². The lowest BCUT2D eigenvalue weighted by Gasteiger charge is -2.19. The lowest BCUT2D eigenvalue weighted by atomic mass is 10.2. The van der Waals surface area contributed by atoms with Crippen LogP contribution in [0.5, 0.6) is 0 Å². The zero-order valence-electron chi connectivity index (χ0n) is 12.8. The van der Waals surface area contributed by atoms with Gasteiger partial charge in [0.2, 0.25) is 0 Å². The molecule has 1 heterocycles.